The van der Waals surface area contributed by atoms with E-state index in [1.807, 2.05) is 48.5 Å². The van der Waals surface area contributed by atoms with Crippen LogP contribution in [-0.4, -0.2) is 18.3 Å². The quantitative estimate of drug-likeness (QED) is 0.507. The van der Waals surface area contributed by atoms with Gasteiger partial charge in [-0.3, -0.25) is 9.79 Å². The SMILES string of the molecule is CCCCN=C(NC(=O)c1ccccc1)c1ccccc1. The van der Waals surface area contributed by atoms with Gasteiger partial charge in [0.1, 0.15) is 5.84 Å². The largest absolute Gasteiger partial charge is 0.306 e. The summed E-state index contributed by atoms with van der Waals surface area (Å²) in [7, 11) is 0. The van der Waals surface area contributed by atoms with Gasteiger partial charge in [-0.2, -0.15) is 0 Å². The van der Waals surface area contributed by atoms with Crippen LogP contribution in [0.2, 0.25) is 0 Å². The molecule has 1 amide bonds. The Balaban J connectivity index is 2.17. The highest BCUT2D eigenvalue weighted by Gasteiger charge is 2.09. The average Bonchev–Trinajstić information content (AvgIpc) is 2.55. The number of nitrogens with one attached hydrogen (secondary N) is 1. The molecule has 0 saturated carbocycles. The van der Waals surface area contributed by atoms with Crippen LogP contribution >= 0.6 is 0 Å². The van der Waals surface area contributed by atoms with Crippen molar-refractivity contribution < 1.29 is 4.79 Å². The van der Waals surface area contributed by atoms with Crippen LogP contribution in [0.15, 0.2) is 65.7 Å². The smallest absolute Gasteiger partial charge is 0.256 e. The van der Waals surface area contributed by atoms with E-state index in [2.05, 4.69) is 17.2 Å². The minimum atomic E-state index is -0.130. The molecule has 0 atom stereocenters. The lowest BCUT2D eigenvalue weighted by atomic mass is 10.1. The summed E-state index contributed by atoms with van der Waals surface area (Å²) in [5.74, 6) is 0.507. The monoisotopic (exact) mass is 280 g/mol. The number of carbonyl (C=O) groups is 1. The van der Waals surface area contributed by atoms with Crippen LogP contribution in [-0.2, 0) is 0 Å². The fraction of sp³-hybridized carbons (Fsp3) is 0.222. The summed E-state index contributed by atoms with van der Waals surface area (Å²) in [6.45, 7) is 2.84. The van der Waals surface area contributed by atoms with Crippen molar-refractivity contribution in [3.63, 3.8) is 0 Å². The second-order valence-electron chi connectivity index (χ2n) is 4.77. The molecule has 108 valence electrons. The normalized spacial score (nSPS) is 11.2. The van der Waals surface area contributed by atoms with Crippen molar-refractivity contribution in [3.8, 4) is 0 Å². The molecule has 0 aliphatic heterocycles. The Morgan fingerprint density at radius 3 is 2.10 bits per heavy atom. The molecule has 0 bridgehead atoms. The molecule has 0 aromatic heterocycles. The lowest BCUT2D eigenvalue weighted by Crippen LogP contribution is -2.31. The number of unbranched alkanes of at least 4 members (excludes halogenated alkanes) is 1. The third-order valence-electron chi connectivity index (χ3n) is 3.10. The van der Waals surface area contributed by atoms with Crippen molar-refractivity contribution in [1.82, 2.24) is 5.32 Å². The Labute approximate surface area is 125 Å². The second kappa shape index (κ2) is 8.00. The van der Waals surface area contributed by atoms with Crippen LogP contribution in [0.1, 0.15) is 35.7 Å². The van der Waals surface area contributed by atoms with Gasteiger partial charge in [0.25, 0.3) is 5.91 Å². The third-order valence-corrected chi connectivity index (χ3v) is 3.10. The van der Waals surface area contributed by atoms with Gasteiger partial charge in [-0.15, -0.1) is 0 Å². The van der Waals surface area contributed by atoms with Gasteiger partial charge in [0.05, 0.1) is 0 Å². The number of rotatable bonds is 5. The molecule has 3 heteroatoms. The minimum Gasteiger partial charge on any atom is -0.306 e. The van der Waals surface area contributed by atoms with E-state index in [0.29, 0.717) is 11.4 Å². The number of carbonyl (C=O) groups excluding carboxylic acids is 1. The van der Waals surface area contributed by atoms with Crippen LogP contribution < -0.4 is 5.32 Å². The Bertz CT molecular complexity index is 591. The van der Waals surface area contributed by atoms with Crippen LogP contribution in [0.4, 0.5) is 0 Å². The van der Waals surface area contributed by atoms with Crippen molar-refractivity contribution in [1.29, 1.82) is 0 Å². The summed E-state index contributed by atoms with van der Waals surface area (Å²) in [4.78, 5) is 16.8. The number of aliphatic imine (C=N–C) groups is 1. The maximum absolute atomic E-state index is 12.3. The van der Waals surface area contributed by atoms with E-state index in [1.165, 1.54) is 0 Å². The molecule has 2 rings (SSSR count). The predicted octanol–water partition coefficient (Wildman–Crippen LogP) is 3.66. The van der Waals surface area contributed by atoms with Crippen LogP contribution in [0.5, 0.6) is 0 Å². The molecule has 2 aromatic rings. The van der Waals surface area contributed by atoms with Gasteiger partial charge in [-0.1, -0.05) is 61.9 Å². The standard InChI is InChI=1S/C18H20N2O/c1-2-3-14-19-17(15-10-6-4-7-11-15)20-18(21)16-12-8-5-9-13-16/h4-13H,2-3,14H2,1H3,(H,19,20,21). The van der Waals surface area contributed by atoms with Gasteiger partial charge in [0, 0.05) is 17.7 Å². The van der Waals surface area contributed by atoms with Gasteiger partial charge >= 0.3 is 0 Å². The highest BCUT2D eigenvalue weighted by molar-refractivity contribution is 6.12. The van der Waals surface area contributed by atoms with Gasteiger partial charge in [0.15, 0.2) is 0 Å². The topological polar surface area (TPSA) is 41.5 Å². The molecule has 0 spiro atoms. The van der Waals surface area contributed by atoms with Gasteiger partial charge in [-0.05, 0) is 18.6 Å². The molecule has 1 N–H and O–H groups in total. The molecule has 3 nitrogen and oxygen atoms in total. The molecule has 0 heterocycles. The Morgan fingerprint density at radius 2 is 1.52 bits per heavy atom. The molecule has 0 fully saturated rings. The van der Waals surface area contributed by atoms with E-state index in [1.54, 1.807) is 12.1 Å². The molecule has 21 heavy (non-hydrogen) atoms. The summed E-state index contributed by atoms with van der Waals surface area (Å²) in [6, 6.07) is 18.9. The van der Waals surface area contributed by atoms with Crippen molar-refractivity contribution in [2.24, 2.45) is 4.99 Å². The van der Waals surface area contributed by atoms with Crippen LogP contribution in [0.25, 0.3) is 0 Å². The summed E-state index contributed by atoms with van der Waals surface area (Å²) >= 11 is 0. The fourth-order valence-corrected chi connectivity index (χ4v) is 1.92. The fourth-order valence-electron chi connectivity index (χ4n) is 1.92. The van der Waals surface area contributed by atoms with E-state index in [9.17, 15) is 4.79 Å². The molecule has 0 radical (unpaired) electrons. The second-order valence-corrected chi connectivity index (χ2v) is 4.77. The molecule has 0 unspecified atom stereocenters. The lowest BCUT2D eigenvalue weighted by molar-refractivity contribution is 0.0977. The number of amides is 1. The zero-order valence-corrected chi connectivity index (χ0v) is 12.3. The third kappa shape index (κ3) is 4.56. The average molecular weight is 280 g/mol. The number of hydrogen-bond acceptors (Lipinski definition) is 2. The molecule has 2 aromatic carbocycles. The Hall–Kier alpha value is -2.42. The van der Waals surface area contributed by atoms with Gasteiger partial charge < -0.3 is 5.32 Å². The summed E-state index contributed by atoms with van der Waals surface area (Å²) < 4.78 is 0. The maximum atomic E-state index is 12.3. The summed E-state index contributed by atoms with van der Waals surface area (Å²) in [5, 5.41) is 2.92. The lowest BCUT2D eigenvalue weighted by Gasteiger charge is -2.09. The van der Waals surface area contributed by atoms with E-state index in [-0.39, 0.29) is 5.91 Å². The van der Waals surface area contributed by atoms with Crippen LogP contribution in [0.3, 0.4) is 0 Å². The maximum Gasteiger partial charge on any atom is 0.256 e. The van der Waals surface area contributed by atoms with E-state index in [0.717, 1.165) is 24.9 Å². The zero-order valence-electron chi connectivity index (χ0n) is 12.3. The Kier molecular flexibility index (Phi) is 5.71. The number of nitrogens with zero attached hydrogens (tertiary/aromatic N) is 1. The van der Waals surface area contributed by atoms with E-state index in [4.69, 9.17) is 0 Å². The first-order chi connectivity index (χ1) is 10.3. The van der Waals surface area contributed by atoms with Crippen LogP contribution in [0, 0.1) is 0 Å². The molecular formula is C18H20N2O. The Morgan fingerprint density at radius 1 is 0.952 bits per heavy atom. The number of benzene rings is 2. The van der Waals surface area contributed by atoms with E-state index < -0.39 is 0 Å². The predicted molar refractivity (Wildman–Crippen MR) is 86.7 cm³/mol. The minimum absolute atomic E-state index is 0.130. The molecule has 0 aliphatic carbocycles. The highest BCUT2D eigenvalue weighted by Crippen LogP contribution is 2.03. The summed E-state index contributed by atoms with van der Waals surface area (Å²) in [6.07, 6.45) is 2.09. The molecular weight excluding hydrogens is 260 g/mol. The van der Waals surface area contributed by atoms with Crippen molar-refractivity contribution in [3.05, 3.63) is 71.8 Å². The first-order valence-electron chi connectivity index (χ1n) is 7.27. The molecule has 0 aliphatic rings. The van der Waals surface area contributed by atoms with Crippen molar-refractivity contribution >= 4 is 11.7 Å². The van der Waals surface area contributed by atoms with Crippen molar-refractivity contribution in [2.75, 3.05) is 6.54 Å². The molecule has 0 saturated heterocycles. The number of amidine groups is 1. The highest BCUT2D eigenvalue weighted by atomic mass is 16.1. The van der Waals surface area contributed by atoms with Gasteiger partial charge in [-0.25, -0.2) is 0 Å². The van der Waals surface area contributed by atoms with E-state index >= 15 is 0 Å². The first-order valence-corrected chi connectivity index (χ1v) is 7.27. The first kappa shape index (κ1) is 15.0. The van der Waals surface area contributed by atoms with Gasteiger partial charge in [0.2, 0.25) is 0 Å². The van der Waals surface area contributed by atoms with Crippen molar-refractivity contribution in [2.45, 2.75) is 19.8 Å². The number of hydrogen-bond donors (Lipinski definition) is 1. The summed E-state index contributed by atoms with van der Waals surface area (Å²) in [5.41, 5.74) is 1.56. The zero-order chi connectivity index (χ0) is 14.9.